The van der Waals surface area contributed by atoms with Gasteiger partial charge in [-0.1, -0.05) is 64.5 Å². The van der Waals surface area contributed by atoms with Crippen molar-refractivity contribution in [2.24, 2.45) is 0 Å². The van der Waals surface area contributed by atoms with Crippen molar-refractivity contribution in [1.82, 2.24) is 10.3 Å². The Morgan fingerprint density at radius 3 is 2.40 bits per heavy atom. The molecule has 0 saturated heterocycles. The lowest BCUT2D eigenvalue weighted by atomic mass is 9.93. The summed E-state index contributed by atoms with van der Waals surface area (Å²) in [6.45, 7) is 10.1. The fourth-order valence-corrected chi connectivity index (χ4v) is 5.15. The summed E-state index contributed by atoms with van der Waals surface area (Å²) >= 11 is 3.55. The van der Waals surface area contributed by atoms with E-state index < -0.39 is 5.60 Å². The summed E-state index contributed by atoms with van der Waals surface area (Å²) in [7, 11) is 0. The van der Waals surface area contributed by atoms with Crippen LogP contribution in [0.5, 0.6) is 5.75 Å². The Bertz CT molecular complexity index is 1510. The average molecular weight is 604 g/mol. The zero-order valence-electron chi connectivity index (χ0n) is 23.6. The molecular weight excluding hydrogens is 568 g/mol. The number of hydrogen-bond donors (Lipinski definition) is 1. The number of ether oxygens (including phenoxy) is 2. The van der Waals surface area contributed by atoms with Crippen LogP contribution in [0.25, 0.3) is 22.2 Å². The molecule has 4 rings (SSSR count). The minimum absolute atomic E-state index is 0.0958. The lowest BCUT2D eigenvalue weighted by Gasteiger charge is -2.24. The highest BCUT2D eigenvalue weighted by Gasteiger charge is 2.26. The smallest absolute Gasteiger partial charge is 0.306 e. The van der Waals surface area contributed by atoms with Gasteiger partial charge in [-0.3, -0.25) is 9.59 Å². The Morgan fingerprint density at radius 1 is 1.00 bits per heavy atom. The number of hydrogen-bond acceptors (Lipinski definition) is 5. The van der Waals surface area contributed by atoms with E-state index in [1.54, 1.807) is 0 Å². The molecule has 7 heteroatoms. The molecule has 0 fully saturated rings. The third kappa shape index (κ3) is 7.07. The van der Waals surface area contributed by atoms with E-state index in [4.69, 9.17) is 14.5 Å². The Morgan fingerprint density at radius 2 is 1.70 bits per heavy atom. The van der Waals surface area contributed by atoms with Crippen LogP contribution in [0.15, 0.2) is 77.3 Å². The molecule has 1 amide bonds. The topological polar surface area (TPSA) is 77.5 Å². The molecule has 1 N–H and O–H groups in total. The normalized spacial score (nSPS) is 12.2. The van der Waals surface area contributed by atoms with Crippen LogP contribution in [0, 0.1) is 6.92 Å². The standard InChI is InChI=1S/C33H35BrN2O4/c1-6-39-28-15-11-10-14-25(28)23(18-29(37)40-33(3,4)5)20-35-32(38)30-21(2)31(22-12-8-7-9-13-22)36-27-17-16-24(34)19-26(27)30/h7-17,19,23H,6,18,20H2,1-5H3,(H,35,38). The van der Waals surface area contributed by atoms with Gasteiger partial charge < -0.3 is 14.8 Å². The lowest BCUT2D eigenvalue weighted by molar-refractivity contribution is -0.155. The molecule has 0 aliphatic rings. The second kappa shape index (κ2) is 12.6. The van der Waals surface area contributed by atoms with Gasteiger partial charge in [0, 0.05) is 27.9 Å². The van der Waals surface area contributed by atoms with E-state index in [0.29, 0.717) is 17.9 Å². The van der Waals surface area contributed by atoms with Gasteiger partial charge in [-0.05, 0) is 70.0 Å². The Balaban J connectivity index is 1.71. The largest absolute Gasteiger partial charge is 0.494 e. The van der Waals surface area contributed by atoms with Gasteiger partial charge in [0.2, 0.25) is 0 Å². The molecule has 1 heterocycles. The van der Waals surface area contributed by atoms with Gasteiger partial charge in [-0.15, -0.1) is 0 Å². The number of nitrogens with zero attached hydrogens (tertiary/aromatic N) is 1. The number of pyridine rings is 1. The summed E-state index contributed by atoms with van der Waals surface area (Å²) in [6.07, 6.45) is 0.0958. The van der Waals surface area contributed by atoms with E-state index in [-0.39, 0.29) is 30.8 Å². The summed E-state index contributed by atoms with van der Waals surface area (Å²) in [6, 6.07) is 23.2. The van der Waals surface area contributed by atoms with Crippen LogP contribution < -0.4 is 10.1 Å². The molecular formula is C33H35BrN2O4. The SMILES string of the molecule is CCOc1ccccc1C(CNC(=O)c1c(C)c(-c2ccccc2)nc2ccc(Br)cc12)CC(=O)OC(C)(C)C. The highest BCUT2D eigenvalue weighted by Crippen LogP contribution is 2.33. The monoisotopic (exact) mass is 602 g/mol. The molecule has 40 heavy (non-hydrogen) atoms. The van der Waals surface area contributed by atoms with Crippen molar-refractivity contribution in [3.63, 3.8) is 0 Å². The summed E-state index contributed by atoms with van der Waals surface area (Å²) in [5.41, 5.74) is 4.00. The number of esters is 1. The summed E-state index contributed by atoms with van der Waals surface area (Å²) in [4.78, 5) is 31.7. The van der Waals surface area contributed by atoms with Crippen LogP contribution in [0.2, 0.25) is 0 Å². The number of carbonyl (C=O) groups is 2. The first-order chi connectivity index (χ1) is 19.1. The van der Waals surface area contributed by atoms with E-state index in [1.807, 2.05) is 107 Å². The molecule has 1 aromatic heterocycles. The molecule has 0 aliphatic carbocycles. The minimum Gasteiger partial charge on any atom is -0.494 e. The maximum atomic E-state index is 13.9. The van der Waals surface area contributed by atoms with E-state index in [2.05, 4.69) is 21.2 Å². The second-order valence-corrected chi connectivity index (χ2v) is 11.6. The van der Waals surface area contributed by atoms with Crippen molar-refractivity contribution in [2.45, 2.75) is 52.6 Å². The number of halogens is 1. The average Bonchev–Trinajstić information content (AvgIpc) is 2.90. The molecule has 0 bridgehead atoms. The Hall–Kier alpha value is -3.71. The number of benzene rings is 3. The van der Waals surface area contributed by atoms with E-state index >= 15 is 0 Å². The molecule has 0 aliphatic heterocycles. The molecule has 1 atom stereocenters. The first-order valence-corrected chi connectivity index (χ1v) is 14.2. The van der Waals surface area contributed by atoms with Gasteiger partial charge in [0.05, 0.1) is 29.8 Å². The first-order valence-electron chi connectivity index (χ1n) is 13.4. The van der Waals surface area contributed by atoms with Crippen molar-refractivity contribution in [3.8, 4) is 17.0 Å². The highest BCUT2D eigenvalue weighted by molar-refractivity contribution is 9.10. The van der Waals surface area contributed by atoms with Crippen LogP contribution in [0.4, 0.5) is 0 Å². The van der Waals surface area contributed by atoms with Crippen molar-refractivity contribution in [3.05, 3.63) is 94.0 Å². The minimum atomic E-state index is -0.612. The van der Waals surface area contributed by atoms with Gasteiger partial charge in [0.15, 0.2) is 0 Å². The van der Waals surface area contributed by atoms with Crippen LogP contribution in [-0.2, 0) is 9.53 Å². The number of para-hydroxylation sites is 1. The van der Waals surface area contributed by atoms with Crippen molar-refractivity contribution in [1.29, 1.82) is 0 Å². The molecule has 0 spiro atoms. The third-order valence-corrected chi connectivity index (χ3v) is 6.96. The van der Waals surface area contributed by atoms with Crippen LogP contribution >= 0.6 is 15.9 Å². The predicted octanol–water partition coefficient (Wildman–Crippen LogP) is 7.62. The fraction of sp³-hybridized carbons (Fsp3) is 0.303. The second-order valence-electron chi connectivity index (χ2n) is 10.7. The summed E-state index contributed by atoms with van der Waals surface area (Å²) in [5, 5.41) is 3.87. The van der Waals surface area contributed by atoms with Gasteiger partial charge in [0.25, 0.3) is 5.91 Å². The molecule has 208 valence electrons. The zero-order valence-corrected chi connectivity index (χ0v) is 25.2. The van der Waals surface area contributed by atoms with Crippen LogP contribution in [0.1, 0.15) is 61.5 Å². The Labute approximate surface area is 244 Å². The maximum absolute atomic E-state index is 13.9. The number of nitrogens with one attached hydrogen (secondary N) is 1. The number of aromatic nitrogens is 1. The maximum Gasteiger partial charge on any atom is 0.306 e. The lowest BCUT2D eigenvalue weighted by Crippen LogP contribution is -2.32. The molecule has 3 aromatic carbocycles. The van der Waals surface area contributed by atoms with E-state index in [1.165, 1.54) is 0 Å². The van der Waals surface area contributed by atoms with Crippen molar-refractivity contribution < 1.29 is 19.1 Å². The molecule has 4 aromatic rings. The fourth-order valence-electron chi connectivity index (χ4n) is 4.79. The quantitative estimate of drug-likeness (QED) is 0.199. The molecule has 6 nitrogen and oxygen atoms in total. The highest BCUT2D eigenvalue weighted by atomic mass is 79.9. The predicted molar refractivity (Wildman–Crippen MR) is 163 cm³/mol. The molecule has 0 radical (unpaired) electrons. The zero-order chi connectivity index (χ0) is 28.9. The van der Waals surface area contributed by atoms with Crippen molar-refractivity contribution in [2.75, 3.05) is 13.2 Å². The van der Waals surface area contributed by atoms with E-state index in [9.17, 15) is 9.59 Å². The van der Waals surface area contributed by atoms with E-state index in [0.717, 1.165) is 37.8 Å². The first kappa shape index (κ1) is 29.3. The summed E-state index contributed by atoms with van der Waals surface area (Å²) in [5.74, 6) is -0.230. The van der Waals surface area contributed by atoms with Crippen molar-refractivity contribution >= 4 is 38.7 Å². The van der Waals surface area contributed by atoms with Crippen LogP contribution in [0.3, 0.4) is 0 Å². The number of carbonyl (C=O) groups excluding carboxylic acids is 2. The third-order valence-electron chi connectivity index (χ3n) is 6.47. The number of amides is 1. The van der Waals surface area contributed by atoms with Gasteiger partial charge in [-0.2, -0.15) is 0 Å². The van der Waals surface area contributed by atoms with Gasteiger partial charge in [-0.25, -0.2) is 4.98 Å². The number of rotatable bonds is 9. The molecule has 1 unspecified atom stereocenters. The van der Waals surface area contributed by atoms with Gasteiger partial charge in [0.1, 0.15) is 11.4 Å². The molecule has 0 saturated carbocycles. The Kier molecular flexibility index (Phi) is 9.25. The van der Waals surface area contributed by atoms with Crippen LogP contribution in [-0.4, -0.2) is 35.6 Å². The number of fused-ring (bicyclic) bond motifs is 1. The summed E-state index contributed by atoms with van der Waals surface area (Å²) < 4.78 is 12.4. The van der Waals surface area contributed by atoms with Gasteiger partial charge >= 0.3 is 5.97 Å².